The van der Waals surface area contributed by atoms with Gasteiger partial charge in [-0.3, -0.25) is 4.90 Å². The summed E-state index contributed by atoms with van der Waals surface area (Å²) >= 11 is 0. The van der Waals surface area contributed by atoms with E-state index in [-0.39, 0.29) is 0 Å². The lowest BCUT2D eigenvalue weighted by molar-refractivity contribution is 0.228. The lowest BCUT2D eigenvalue weighted by Crippen LogP contribution is -2.43. The minimum absolute atomic E-state index is 0.381. The average Bonchev–Trinajstić information content (AvgIpc) is 2.79. The number of piperazine rings is 1. The van der Waals surface area contributed by atoms with E-state index in [1.807, 2.05) is 6.07 Å². The van der Waals surface area contributed by atoms with Crippen LogP contribution >= 0.6 is 0 Å². The monoisotopic (exact) mass is 259 g/mol. The molecule has 1 fully saturated rings. The summed E-state index contributed by atoms with van der Waals surface area (Å²) < 4.78 is 2.30. The van der Waals surface area contributed by atoms with Crippen LogP contribution in [0.4, 0.5) is 0 Å². The van der Waals surface area contributed by atoms with Crippen LogP contribution in [0.3, 0.4) is 0 Å². The van der Waals surface area contributed by atoms with Crippen molar-refractivity contribution in [1.29, 1.82) is 0 Å². The number of benzene rings is 1. The van der Waals surface area contributed by atoms with Crippen LogP contribution in [-0.4, -0.2) is 40.8 Å². The van der Waals surface area contributed by atoms with Gasteiger partial charge in [0.1, 0.15) is 5.75 Å². The van der Waals surface area contributed by atoms with Gasteiger partial charge in [0.2, 0.25) is 0 Å². The lowest BCUT2D eigenvalue weighted by Gasteiger charge is -2.27. The number of phenolic OH excluding ortho intramolecular Hbond substituents is 1. The summed E-state index contributed by atoms with van der Waals surface area (Å²) in [6, 6.07) is 7.89. The molecule has 0 aliphatic carbocycles. The number of hydrogen-bond acceptors (Lipinski definition) is 3. The van der Waals surface area contributed by atoms with Crippen molar-refractivity contribution in [3.8, 4) is 5.75 Å². The van der Waals surface area contributed by atoms with E-state index in [0.717, 1.165) is 50.2 Å². The number of aromatic nitrogens is 1. The fraction of sp³-hybridized carbons (Fsp3) is 0.467. The first-order valence-electron chi connectivity index (χ1n) is 7.02. The molecule has 0 spiro atoms. The van der Waals surface area contributed by atoms with Crippen LogP contribution in [0.15, 0.2) is 24.3 Å². The normalized spacial score (nSPS) is 17.1. The molecule has 0 saturated carbocycles. The van der Waals surface area contributed by atoms with Crippen molar-refractivity contribution in [2.45, 2.75) is 20.0 Å². The molecule has 0 atom stereocenters. The second kappa shape index (κ2) is 5.23. The Morgan fingerprint density at radius 1 is 1.26 bits per heavy atom. The Bertz CT molecular complexity index is 570. The van der Waals surface area contributed by atoms with E-state index in [9.17, 15) is 5.11 Å². The zero-order valence-corrected chi connectivity index (χ0v) is 11.4. The van der Waals surface area contributed by atoms with Crippen LogP contribution in [-0.2, 0) is 13.1 Å². The van der Waals surface area contributed by atoms with Crippen molar-refractivity contribution in [1.82, 2.24) is 14.8 Å². The molecule has 1 aromatic heterocycles. The maximum absolute atomic E-state index is 9.97. The average molecular weight is 259 g/mol. The Hall–Kier alpha value is -1.52. The highest BCUT2D eigenvalue weighted by Gasteiger charge is 2.15. The SMILES string of the molecule is CCn1c(CN2CCNCC2)cc2c(O)cccc21. The fourth-order valence-electron chi connectivity index (χ4n) is 2.93. The molecular weight excluding hydrogens is 238 g/mol. The third-order valence-corrected chi connectivity index (χ3v) is 3.92. The van der Waals surface area contributed by atoms with Gasteiger partial charge >= 0.3 is 0 Å². The van der Waals surface area contributed by atoms with Gasteiger partial charge in [-0.1, -0.05) is 6.07 Å². The Labute approximate surface area is 113 Å². The summed E-state index contributed by atoms with van der Waals surface area (Å²) in [7, 11) is 0. The van der Waals surface area contributed by atoms with Gasteiger partial charge in [0.25, 0.3) is 0 Å². The maximum Gasteiger partial charge on any atom is 0.124 e. The van der Waals surface area contributed by atoms with E-state index in [1.165, 1.54) is 5.69 Å². The summed E-state index contributed by atoms with van der Waals surface area (Å²) in [5.74, 6) is 0.381. The largest absolute Gasteiger partial charge is 0.507 e. The van der Waals surface area contributed by atoms with Gasteiger partial charge in [0, 0.05) is 50.3 Å². The predicted octanol–water partition coefficient (Wildman–Crippen LogP) is 1.77. The van der Waals surface area contributed by atoms with E-state index in [1.54, 1.807) is 6.07 Å². The smallest absolute Gasteiger partial charge is 0.124 e. The summed E-state index contributed by atoms with van der Waals surface area (Å²) in [5.41, 5.74) is 2.42. The van der Waals surface area contributed by atoms with Gasteiger partial charge in [-0.2, -0.15) is 0 Å². The molecule has 3 rings (SSSR count). The molecule has 1 saturated heterocycles. The molecule has 102 valence electrons. The van der Waals surface area contributed by atoms with E-state index in [0.29, 0.717) is 5.75 Å². The first kappa shape index (κ1) is 12.5. The number of fused-ring (bicyclic) bond motifs is 1. The number of nitrogens with one attached hydrogen (secondary N) is 1. The number of rotatable bonds is 3. The van der Waals surface area contributed by atoms with Crippen LogP contribution in [0.25, 0.3) is 10.9 Å². The molecule has 0 bridgehead atoms. The fourth-order valence-corrected chi connectivity index (χ4v) is 2.93. The van der Waals surface area contributed by atoms with Crippen molar-refractivity contribution >= 4 is 10.9 Å². The molecule has 2 N–H and O–H groups in total. The van der Waals surface area contributed by atoms with Crippen molar-refractivity contribution in [2.24, 2.45) is 0 Å². The molecule has 4 heteroatoms. The Morgan fingerprint density at radius 2 is 2.05 bits per heavy atom. The Kier molecular flexibility index (Phi) is 3.44. The van der Waals surface area contributed by atoms with Crippen LogP contribution in [0.1, 0.15) is 12.6 Å². The van der Waals surface area contributed by atoms with Crippen molar-refractivity contribution in [3.63, 3.8) is 0 Å². The van der Waals surface area contributed by atoms with E-state index in [2.05, 4.69) is 33.8 Å². The van der Waals surface area contributed by atoms with Gasteiger partial charge < -0.3 is 15.0 Å². The molecule has 2 heterocycles. The summed E-state index contributed by atoms with van der Waals surface area (Å²) in [4.78, 5) is 2.47. The number of aryl methyl sites for hydroxylation is 1. The molecule has 4 nitrogen and oxygen atoms in total. The zero-order valence-electron chi connectivity index (χ0n) is 11.4. The van der Waals surface area contributed by atoms with E-state index >= 15 is 0 Å². The van der Waals surface area contributed by atoms with Crippen molar-refractivity contribution in [3.05, 3.63) is 30.0 Å². The van der Waals surface area contributed by atoms with Gasteiger partial charge in [-0.25, -0.2) is 0 Å². The predicted molar refractivity (Wildman–Crippen MR) is 77.4 cm³/mol. The molecule has 0 radical (unpaired) electrons. The number of aromatic hydroxyl groups is 1. The summed E-state index contributed by atoms with van der Waals surface area (Å²) in [6.45, 7) is 8.38. The highest BCUT2D eigenvalue weighted by atomic mass is 16.3. The molecule has 2 aromatic rings. The Balaban J connectivity index is 1.95. The van der Waals surface area contributed by atoms with Crippen LogP contribution in [0.2, 0.25) is 0 Å². The molecule has 19 heavy (non-hydrogen) atoms. The molecule has 1 aliphatic rings. The highest BCUT2D eigenvalue weighted by molar-refractivity contribution is 5.87. The first-order valence-corrected chi connectivity index (χ1v) is 7.02. The molecular formula is C15H21N3O. The van der Waals surface area contributed by atoms with Crippen molar-refractivity contribution in [2.75, 3.05) is 26.2 Å². The van der Waals surface area contributed by atoms with Crippen LogP contribution in [0, 0.1) is 0 Å². The number of nitrogens with zero attached hydrogens (tertiary/aromatic N) is 2. The third-order valence-electron chi connectivity index (χ3n) is 3.92. The van der Waals surface area contributed by atoms with Crippen LogP contribution < -0.4 is 5.32 Å². The van der Waals surface area contributed by atoms with Gasteiger partial charge in [0.15, 0.2) is 0 Å². The molecule has 1 aliphatic heterocycles. The third kappa shape index (κ3) is 2.33. The first-order chi connectivity index (χ1) is 9.29. The highest BCUT2D eigenvalue weighted by Crippen LogP contribution is 2.28. The standard InChI is InChI=1S/C15H21N3O/c1-2-18-12(11-17-8-6-16-7-9-17)10-13-14(18)4-3-5-15(13)19/h3-5,10,16,19H,2,6-9,11H2,1H3. The number of hydrogen-bond donors (Lipinski definition) is 2. The maximum atomic E-state index is 9.97. The minimum atomic E-state index is 0.381. The van der Waals surface area contributed by atoms with E-state index in [4.69, 9.17) is 0 Å². The van der Waals surface area contributed by atoms with Gasteiger partial charge in [-0.05, 0) is 25.1 Å². The molecule has 0 amide bonds. The van der Waals surface area contributed by atoms with E-state index < -0.39 is 0 Å². The minimum Gasteiger partial charge on any atom is -0.507 e. The molecule has 1 aromatic carbocycles. The lowest BCUT2D eigenvalue weighted by atomic mass is 10.2. The summed E-state index contributed by atoms with van der Waals surface area (Å²) in [6.07, 6.45) is 0. The van der Waals surface area contributed by atoms with Gasteiger partial charge in [-0.15, -0.1) is 0 Å². The molecule has 0 unspecified atom stereocenters. The number of phenols is 1. The van der Waals surface area contributed by atoms with Gasteiger partial charge in [0.05, 0.1) is 5.52 Å². The van der Waals surface area contributed by atoms with Crippen molar-refractivity contribution < 1.29 is 5.11 Å². The quantitative estimate of drug-likeness (QED) is 0.882. The Morgan fingerprint density at radius 3 is 2.79 bits per heavy atom. The topological polar surface area (TPSA) is 40.4 Å². The van der Waals surface area contributed by atoms with Crippen LogP contribution in [0.5, 0.6) is 5.75 Å². The summed E-state index contributed by atoms with van der Waals surface area (Å²) in [5, 5.41) is 14.3. The zero-order chi connectivity index (χ0) is 13.2. The second-order valence-corrected chi connectivity index (χ2v) is 5.12. The second-order valence-electron chi connectivity index (χ2n) is 5.12.